The van der Waals surface area contributed by atoms with E-state index in [1.165, 1.54) is 0 Å². The number of fused-ring (bicyclic) bond motifs is 1. The number of nitrogens with zero attached hydrogens (tertiary/aromatic N) is 7. The molecule has 5 heterocycles. The van der Waals surface area contributed by atoms with Crippen LogP contribution in [0.15, 0.2) is 53.6 Å². The second-order valence-corrected chi connectivity index (χ2v) is 7.81. The van der Waals surface area contributed by atoms with Gasteiger partial charge in [0.15, 0.2) is 5.82 Å². The van der Waals surface area contributed by atoms with Crippen molar-refractivity contribution < 1.29 is 0 Å². The molecule has 0 N–H and O–H groups in total. The van der Waals surface area contributed by atoms with E-state index in [9.17, 15) is 4.79 Å². The second kappa shape index (κ2) is 6.97. The lowest BCUT2D eigenvalue weighted by atomic mass is 10.00. The van der Waals surface area contributed by atoms with Gasteiger partial charge in [-0.3, -0.25) is 9.69 Å². The van der Waals surface area contributed by atoms with E-state index in [2.05, 4.69) is 26.3 Å². The highest BCUT2D eigenvalue weighted by atomic mass is 16.1. The second-order valence-electron chi connectivity index (χ2n) is 7.81. The zero-order valence-corrected chi connectivity index (χ0v) is 16.6. The molecule has 0 bridgehead atoms. The van der Waals surface area contributed by atoms with Crippen LogP contribution in [0.2, 0.25) is 0 Å². The van der Waals surface area contributed by atoms with Crippen molar-refractivity contribution in [3.63, 3.8) is 0 Å². The summed E-state index contributed by atoms with van der Waals surface area (Å²) in [7, 11) is 0. The molecule has 0 radical (unpaired) electrons. The average molecular weight is 389 g/mol. The number of hydrogen-bond acceptors (Lipinski definition) is 5. The number of rotatable bonds is 5. The van der Waals surface area contributed by atoms with Gasteiger partial charge in [0.1, 0.15) is 5.65 Å². The van der Waals surface area contributed by atoms with Gasteiger partial charge in [0.05, 0.1) is 17.9 Å². The van der Waals surface area contributed by atoms with Crippen molar-refractivity contribution in [2.75, 3.05) is 13.1 Å². The van der Waals surface area contributed by atoms with E-state index in [4.69, 9.17) is 0 Å². The molecule has 4 aromatic heterocycles. The highest BCUT2D eigenvalue weighted by molar-refractivity contribution is 5.39. The minimum absolute atomic E-state index is 0.0749. The van der Waals surface area contributed by atoms with Crippen LogP contribution in [-0.4, -0.2) is 46.9 Å². The molecule has 0 amide bonds. The summed E-state index contributed by atoms with van der Waals surface area (Å²) in [5, 5.41) is 9.01. The first-order chi connectivity index (χ1) is 14.0. The normalized spacial score (nSPS) is 15.1. The molecule has 148 valence electrons. The van der Waals surface area contributed by atoms with Gasteiger partial charge in [0.2, 0.25) is 0 Å². The van der Waals surface area contributed by atoms with Crippen molar-refractivity contribution in [3.8, 4) is 5.82 Å². The first kappa shape index (κ1) is 17.8. The van der Waals surface area contributed by atoms with Gasteiger partial charge in [0, 0.05) is 49.7 Å². The maximum atomic E-state index is 12.3. The topological polar surface area (TPSA) is 73.2 Å². The predicted molar refractivity (Wildman–Crippen MR) is 109 cm³/mol. The molecule has 8 nitrogen and oxygen atoms in total. The van der Waals surface area contributed by atoms with Crippen molar-refractivity contribution in [2.45, 2.75) is 26.9 Å². The van der Waals surface area contributed by atoms with Gasteiger partial charge in [-0.2, -0.15) is 5.10 Å². The molecule has 1 aliphatic heterocycles. The lowest BCUT2D eigenvalue weighted by Gasteiger charge is -2.38. The molecular weight excluding hydrogens is 366 g/mol. The van der Waals surface area contributed by atoms with Gasteiger partial charge < -0.3 is 4.40 Å². The number of aromatic nitrogens is 6. The van der Waals surface area contributed by atoms with E-state index in [0.717, 1.165) is 42.4 Å². The first-order valence-electron chi connectivity index (χ1n) is 9.82. The Balaban J connectivity index is 1.24. The lowest BCUT2D eigenvalue weighted by Crippen LogP contribution is -2.49. The minimum atomic E-state index is -0.0749. The van der Waals surface area contributed by atoms with Crippen LogP contribution in [0.5, 0.6) is 0 Å². The summed E-state index contributed by atoms with van der Waals surface area (Å²) in [4.78, 5) is 19.3. The van der Waals surface area contributed by atoms with Crippen LogP contribution >= 0.6 is 0 Å². The van der Waals surface area contributed by atoms with Crippen LogP contribution in [0.1, 0.15) is 17.1 Å². The first-order valence-corrected chi connectivity index (χ1v) is 9.82. The SMILES string of the molecule is Cc1cc(C)n(-c2ccc(=O)n(CC3CN(Cc4cn5ccccc5n4)C3)n2)n1. The summed E-state index contributed by atoms with van der Waals surface area (Å²) in [5.74, 6) is 1.09. The van der Waals surface area contributed by atoms with Crippen molar-refractivity contribution in [1.29, 1.82) is 0 Å². The maximum Gasteiger partial charge on any atom is 0.266 e. The molecule has 5 rings (SSSR count). The zero-order valence-electron chi connectivity index (χ0n) is 16.6. The van der Waals surface area contributed by atoms with Crippen molar-refractivity contribution in [2.24, 2.45) is 5.92 Å². The third kappa shape index (κ3) is 3.47. The molecule has 1 aliphatic rings. The largest absolute Gasteiger partial charge is 0.307 e. The number of hydrogen-bond donors (Lipinski definition) is 0. The number of likely N-dealkylation sites (tertiary alicyclic amines) is 1. The zero-order chi connectivity index (χ0) is 20.0. The van der Waals surface area contributed by atoms with Gasteiger partial charge in [0.25, 0.3) is 5.56 Å². The maximum absolute atomic E-state index is 12.3. The van der Waals surface area contributed by atoms with Crippen LogP contribution in [-0.2, 0) is 13.1 Å². The van der Waals surface area contributed by atoms with E-state index < -0.39 is 0 Å². The lowest BCUT2D eigenvalue weighted by molar-refractivity contribution is 0.0755. The molecule has 1 saturated heterocycles. The van der Waals surface area contributed by atoms with Crippen LogP contribution < -0.4 is 5.56 Å². The van der Waals surface area contributed by atoms with Gasteiger partial charge in [-0.05, 0) is 38.1 Å². The fourth-order valence-electron chi connectivity index (χ4n) is 4.00. The number of aryl methyl sites for hydroxylation is 2. The van der Waals surface area contributed by atoms with Crippen LogP contribution in [0.4, 0.5) is 0 Å². The van der Waals surface area contributed by atoms with Crippen LogP contribution in [0.3, 0.4) is 0 Å². The Bertz CT molecular complexity index is 1200. The summed E-state index contributed by atoms with van der Waals surface area (Å²) < 4.78 is 5.39. The summed E-state index contributed by atoms with van der Waals surface area (Å²) >= 11 is 0. The number of imidazole rings is 1. The molecule has 4 aromatic rings. The van der Waals surface area contributed by atoms with Crippen LogP contribution in [0, 0.1) is 19.8 Å². The minimum Gasteiger partial charge on any atom is -0.307 e. The third-order valence-corrected chi connectivity index (χ3v) is 5.34. The Labute approximate surface area is 168 Å². The molecule has 29 heavy (non-hydrogen) atoms. The Morgan fingerprint density at radius 1 is 1.10 bits per heavy atom. The van der Waals surface area contributed by atoms with E-state index in [1.54, 1.807) is 21.5 Å². The Morgan fingerprint density at radius 3 is 2.72 bits per heavy atom. The monoisotopic (exact) mass is 389 g/mol. The van der Waals surface area contributed by atoms with Gasteiger partial charge in [-0.15, -0.1) is 5.10 Å². The van der Waals surface area contributed by atoms with E-state index in [-0.39, 0.29) is 5.56 Å². The molecule has 8 heteroatoms. The summed E-state index contributed by atoms with van der Waals surface area (Å²) in [6.45, 7) is 7.25. The fraction of sp³-hybridized carbons (Fsp3) is 0.333. The summed E-state index contributed by atoms with van der Waals surface area (Å²) in [6.07, 6.45) is 4.09. The molecule has 0 aliphatic carbocycles. The van der Waals surface area contributed by atoms with E-state index >= 15 is 0 Å². The van der Waals surface area contributed by atoms with Crippen molar-refractivity contribution in [3.05, 3.63) is 76.2 Å². The molecular formula is C21H23N7O. The van der Waals surface area contributed by atoms with Crippen LogP contribution in [0.25, 0.3) is 11.5 Å². The molecule has 1 fully saturated rings. The average Bonchev–Trinajstić information content (AvgIpc) is 3.23. The highest BCUT2D eigenvalue weighted by Crippen LogP contribution is 2.20. The molecule has 0 unspecified atom stereocenters. The van der Waals surface area contributed by atoms with Crippen molar-refractivity contribution >= 4 is 5.65 Å². The number of pyridine rings is 1. The van der Waals surface area contributed by atoms with E-state index in [1.807, 2.05) is 48.7 Å². The summed E-state index contributed by atoms with van der Waals surface area (Å²) in [6, 6.07) is 11.3. The quantitative estimate of drug-likeness (QED) is 0.521. The van der Waals surface area contributed by atoms with E-state index in [0.29, 0.717) is 18.3 Å². The third-order valence-electron chi connectivity index (χ3n) is 5.34. The van der Waals surface area contributed by atoms with Gasteiger partial charge >= 0.3 is 0 Å². The molecule has 0 aromatic carbocycles. The Hall–Kier alpha value is -3.26. The fourth-order valence-corrected chi connectivity index (χ4v) is 4.00. The van der Waals surface area contributed by atoms with Gasteiger partial charge in [-0.1, -0.05) is 6.07 Å². The Kier molecular flexibility index (Phi) is 4.28. The summed E-state index contributed by atoms with van der Waals surface area (Å²) in [5.41, 5.74) is 3.90. The van der Waals surface area contributed by atoms with Gasteiger partial charge in [-0.25, -0.2) is 14.3 Å². The molecule has 0 saturated carbocycles. The standard InChI is InChI=1S/C21H23N7O/c1-15-9-16(2)28(23-15)20-6-7-21(29)27(24-20)12-17-10-25(11-17)13-18-14-26-8-4-3-5-19(26)22-18/h3-9,14,17H,10-13H2,1-2H3. The highest BCUT2D eigenvalue weighted by Gasteiger charge is 2.28. The van der Waals surface area contributed by atoms with Crippen molar-refractivity contribution in [1.82, 2.24) is 33.8 Å². The predicted octanol–water partition coefficient (Wildman–Crippen LogP) is 1.83. The molecule has 0 atom stereocenters. The smallest absolute Gasteiger partial charge is 0.266 e. The Morgan fingerprint density at radius 2 is 1.97 bits per heavy atom. The molecule has 0 spiro atoms.